The largest absolute Gasteiger partial charge is 0.495 e. The number of hydrogen-bond donors (Lipinski definition) is 1. The second-order valence-electron chi connectivity index (χ2n) is 8.76. The topological polar surface area (TPSA) is 88.2 Å². The molecule has 1 N–H and O–H groups in total. The highest BCUT2D eigenvalue weighted by Gasteiger charge is 2.28. The van der Waals surface area contributed by atoms with Crippen molar-refractivity contribution in [3.63, 3.8) is 0 Å². The zero-order chi connectivity index (χ0) is 24.0. The fourth-order valence-electron chi connectivity index (χ4n) is 4.51. The Morgan fingerprint density at radius 3 is 2.41 bits per heavy atom. The van der Waals surface area contributed by atoms with Gasteiger partial charge in [0.25, 0.3) is 5.91 Å². The molecule has 1 saturated heterocycles. The molecule has 0 spiro atoms. The molecule has 1 saturated carbocycles. The summed E-state index contributed by atoms with van der Waals surface area (Å²) in [6.07, 6.45) is 3.71. The van der Waals surface area contributed by atoms with E-state index in [2.05, 4.69) is 9.62 Å². The summed E-state index contributed by atoms with van der Waals surface area (Å²) in [6.45, 7) is 4.03. The van der Waals surface area contributed by atoms with Crippen LogP contribution in [0.3, 0.4) is 0 Å². The van der Waals surface area contributed by atoms with E-state index < -0.39 is 10.0 Å². The second kappa shape index (κ2) is 11.2. The van der Waals surface area contributed by atoms with Crippen molar-refractivity contribution in [2.75, 3.05) is 46.4 Å². The summed E-state index contributed by atoms with van der Waals surface area (Å²) in [5.74, 6) is 0.925. The van der Waals surface area contributed by atoms with E-state index in [9.17, 15) is 13.2 Å². The summed E-state index contributed by atoms with van der Waals surface area (Å²) in [6, 6.07) is 14.3. The number of piperazine rings is 1. The predicted octanol–water partition coefficient (Wildman–Crippen LogP) is 2.75. The zero-order valence-corrected chi connectivity index (χ0v) is 20.4. The van der Waals surface area contributed by atoms with Crippen molar-refractivity contribution < 1.29 is 22.7 Å². The Kier molecular flexibility index (Phi) is 8.07. The van der Waals surface area contributed by atoms with Crippen molar-refractivity contribution in [3.05, 3.63) is 54.1 Å². The molecule has 0 radical (unpaired) electrons. The highest BCUT2D eigenvalue weighted by molar-refractivity contribution is 7.89. The highest BCUT2D eigenvalue weighted by Crippen LogP contribution is 2.28. The highest BCUT2D eigenvalue weighted by atomic mass is 32.2. The van der Waals surface area contributed by atoms with E-state index in [-0.39, 0.29) is 22.6 Å². The SMILES string of the molecule is COc1ccc(C(=O)N2CCN(CCOc3ccccc3)CC2)cc1S(=O)(=O)NC1CCCC1. The Morgan fingerprint density at radius 1 is 1.03 bits per heavy atom. The van der Waals surface area contributed by atoms with Gasteiger partial charge in [0.05, 0.1) is 7.11 Å². The van der Waals surface area contributed by atoms with Crippen LogP contribution in [-0.2, 0) is 10.0 Å². The first kappa shape index (κ1) is 24.5. The molecule has 8 nitrogen and oxygen atoms in total. The van der Waals surface area contributed by atoms with Crippen molar-refractivity contribution in [1.82, 2.24) is 14.5 Å². The summed E-state index contributed by atoms with van der Waals surface area (Å²) < 4.78 is 39.9. The summed E-state index contributed by atoms with van der Waals surface area (Å²) in [5.41, 5.74) is 0.355. The number of nitrogens with one attached hydrogen (secondary N) is 1. The van der Waals surface area contributed by atoms with Crippen LogP contribution in [-0.4, -0.2) is 76.6 Å². The molecule has 0 unspecified atom stereocenters. The smallest absolute Gasteiger partial charge is 0.253 e. The molecule has 184 valence electrons. The van der Waals surface area contributed by atoms with E-state index in [0.29, 0.717) is 25.3 Å². The normalized spacial score (nSPS) is 17.6. The Labute approximate surface area is 201 Å². The van der Waals surface area contributed by atoms with Gasteiger partial charge in [-0.25, -0.2) is 13.1 Å². The molecule has 2 fully saturated rings. The van der Waals surface area contributed by atoms with E-state index in [1.807, 2.05) is 30.3 Å². The number of benzene rings is 2. The van der Waals surface area contributed by atoms with Gasteiger partial charge < -0.3 is 14.4 Å². The van der Waals surface area contributed by atoms with Gasteiger partial charge in [0.1, 0.15) is 23.0 Å². The molecule has 1 aliphatic heterocycles. The third-order valence-electron chi connectivity index (χ3n) is 6.46. The number of carbonyl (C=O) groups excluding carboxylic acids is 1. The summed E-state index contributed by atoms with van der Waals surface area (Å²) >= 11 is 0. The van der Waals surface area contributed by atoms with Crippen LogP contribution >= 0.6 is 0 Å². The van der Waals surface area contributed by atoms with Crippen LogP contribution in [0.2, 0.25) is 0 Å². The molecule has 2 aliphatic rings. The van der Waals surface area contributed by atoms with Crippen LogP contribution in [0.1, 0.15) is 36.0 Å². The maximum Gasteiger partial charge on any atom is 0.253 e. The van der Waals surface area contributed by atoms with Gasteiger partial charge in [0, 0.05) is 44.3 Å². The van der Waals surface area contributed by atoms with Gasteiger partial charge in [0.15, 0.2) is 0 Å². The van der Waals surface area contributed by atoms with Crippen molar-refractivity contribution >= 4 is 15.9 Å². The molecule has 0 aromatic heterocycles. The standard InChI is InChI=1S/C25H33N3O5S/c1-32-23-12-11-20(19-24(23)34(30,31)26-21-7-5-6-8-21)25(29)28-15-13-27(14-16-28)17-18-33-22-9-3-2-4-10-22/h2-4,9-12,19,21,26H,5-8,13-18H2,1H3. The number of amides is 1. The van der Waals surface area contributed by atoms with E-state index in [4.69, 9.17) is 9.47 Å². The zero-order valence-electron chi connectivity index (χ0n) is 19.6. The monoisotopic (exact) mass is 487 g/mol. The lowest BCUT2D eigenvalue weighted by Gasteiger charge is -2.34. The minimum atomic E-state index is -3.78. The lowest BCUT2D eigenvalue weighted by Crippen LogP contribution is -2.49. The van der Waals surface area contributed by atoms with Crippen molar-refractivity contribution in [2.45, 2.75) is 36.6 Å². The average Bonchev–Trinajstić information content (AvgIpc) is 3.36. The molecule has 1 heterocycles. The molecule has 4 rings (SSSR count). The fraction of sp³-hybridized carbons (Fsp3) is 0.480. The third-order valence-corrected chi connectivity index (χ3v) is 8.00. The van der Waals surface area contributed by atoms with Gasteiger partial charge in [-0.2, -0.15) is 0 Å². The third kappa shape index (κ3) is 6.08. The summed E-state index contributed by atoms with van der Waals surface area (Å²) in [7, 11) is -2.35. The van der Waals surface area contributed by atoms with Crippen LogP contribution in [0, 0.1) is 0 Å². The van der Waals surface area contributed by atoms with Gasteiger partial charge in [-0.05, 0) is 43.2 Å². The van der Waals surface area contributed by atoms with E-state index in [1.54, 1.807) is 17.0 Å². The first-order chi connectivity index (χ1) is 16.5. The van der Waals surface area contributed by atoms with Crippen LogP contribution in [0.4, 0.5) is 0 Å². The Morgan fingerprint density at radius 2 is 1.74 bits per heavy atom. The van der Waals surface area contributed by atoms with Crippen LogP contribution < -0.4 is 14.2 Å². The van der Waals surface area contributed by atoms with Crippen molar-refractivity contribution in [1.29, 1.82) is 0 Å². The minimum absolute atomic E-state index is 0.0180. The molecular formula is C25H33N3O5S. The molecule has 0 atom stereocenters. The predicted molar refractivity (Wildman–Crippen MR) is 130 cm³/mol. The number of methoxy groups -OCH3 is 1. The minimum Gasteiger partial charge on any atom is -0.495 e. The quantitative estimate of drug-likeness (QED) is 0.585. The lowest BCUT2D eigenvalue weighted by molar-refractivity contribution is 0.0620. The van der Waals surface area contributed by atoms with Gasteiger partial charge in [-0.1, -0.05) is 31.0 Å². The Balaban J connectivity index is 1.35. The number of ether oxygens (including phenoxy) is 2. The van der Waals surface area contributed by atoms with Crippen LogP contribution in [0.15, 0.2) is 53.4 Å². The Bertz CT molecular complexity index is 1060. The lowest BCUT2D eigenvalue weighted by atomic mass is 10.1. The van der Waals surface area contributed by atoms with Gasteiger partial charge in [0.2, 0.25) is 10.0 Å². The Hall–Kier alpha value is -2.62. The first-order valence-corrected chi connectivity index (χ1v) is 13.3. The van der Waals surface area contributed by atoms with Gasteiger partial charge in [-0.3, -0.25) is 9.69 Å². The number of rotatable bonds is 9. The number of hydrogen-bond acceptors (Lipinski definition) is 6. The first-order valence-electron chi connectivity index (χ1n) is 11.9. The molecule has 2 aromatic rings. The fourth-order valence-corrected chi connectivity index (χ4v) is 6.01. The second-order valence-corrected chi connectivity index (χ2v) is 10.4. The molecule has 34 heavy (non-hydrogen) atoms. The number of para-hydroxylation sites is 1. The van der Waals surface area contributed by atoms with Gasteiger partial charge in [-0.15, -0.1) is 0 Å². The molecule has 1 amide bonds. The van der Waals surface area contributed by atoms with Crippen molar-refractivity contribution in [3.8, 4) is 11.5 Å². The maximum absolute atomic E-state index is 13.2. The average molecular weight is 488 g/mol. The molecule has 9 heteroatoms. The molecule has 2 aromatic carbocycles. The summed E-state index contributed by atoms with van der Waals surface area (Å²) in [5, 5.41) is 0. The van der Waals surface area contributed by atoms with E-state index in [1.165, 1.54) is 13.2 Å². The van der Waals surface area contributed by atoms with E-state index in [0.717, 1.165) is 51.1 Å². The van der Waals surface area contributed by atoms with Crippen LogP contribution in [0.25, 0.3) is 0 Å². The number of nitrogens with zero attached hydrogens (tertiary/aromatic N) is 2. The van der Waals surface area contributed by atoms with Gasteiger partial charge >= 0.3 is 0 Å². The number of sulfonamides is 1. The molecular weight excluding hydrogens is 454 g/mol. The summed E-state index contributed by atoms with van der Waals surface area (Å²) in [4.78, 5) is 17.2. The van der Waals surface area contributed by atoms with Crippen LogP contribution in [0.5, 0.6) is 11.5 Å². The molecule has 1 aliphatic carbocycles. The maximum atomic E-state index is 13.2. The van der Waals surface area contributed by atoms with Crippen molar-refractivity contribution in [2.24, 2.45) is 0 Å². The number of carbonyl (C=O) groups is 1. The molecule has 0 bridgehead atoms. The van der Waals surface area contributed by atoms with E-state index >= 15 is 0 Å².